The maximum atomic E-state index is 13.1. The fourth-order valence-electron chi connectivity index (χ4n) is 4.57. The molecular weight excluding hydrogens is 430 g/mol. The first-order valence-corrected chi connectivity index (χ1v) is 12.0. The highest BCUT2D eigenvalue weighted by Gasteiger charge is 2.34. The van der Waals surface area contributed by atoms with Crippen molar-refractivity contribution < 1.29 is 23.9 Å². The zero-order chi connectivity index (χ0) is 24.8. The van der Waals surface area contributed by atoms with Crippen LogP contribution in [0.25, 0.3) is 0 Å². The lowest BCUT2D eigenvalue weighted by molar-refractivity contribution is -0.119. The van der Waals surface area contributed by atoms with E-state index >= 15 is 0 Å². The summed E-state index contributed by atoms with van der Waals surface area (Å²) in [4.78, 5) is 38.2. The molecule has 182 valence electrons. The van der Waals surface area contributed by atoms with Crippen molar-refractivity contribution in [3.8, 4) is 0 Å². The first kappa shape index (κ1) is 25.5. The third-order valence-electron chi connectivity index (χ3n) is 6.80. The Morgan fingerprint density at radius 1 is 0.971 bits per heavy atom. The topological polar surface area (TPSA) is 81.7 Å². The van der Waals surface area contributed by atoms with Crippen LogP contribution in [0.2, 0.25) is 0 Å². The Hall–Kier alpha value is -3.15. The summed E-state index contributed by atoms with van der Waals surface area (Å²) in [5.41, 5.74) is 2.92. The standard InChI is InChI=1S/C28H35NO5/c1-17(2)21-14-13-18(3)15-25(21)34-28(32)23-11-7-6-10-22(23)27(31)33-16-26(30)29-24-12-8-9-19(4)20(24)5/h6-12,17-18,21,25H,13-16H2,1-5H3,(H,29,30)/t18-,21+,25-/m1/s1. The number of hydrogen-bond donors (Lipinski definition) is 1. The maximum Gasteiger partial charge on any atom is 0.339 e. The Labute approximate surface area is 202 Å². The van der Waals surface area contributed by atoms with Crippen LogP contribution in [0.15, 0.2) is 42.5 Å². The number of anilines is 1. The zero-order valence-corrected chi connectivity index (χ0v) is 20.7. The Balaban J connectivity index is 1.65. The third-order valence-corrected chi connectivity index (χ3v) is 6.80. The predicted octanol–water partition coefficient (Wildman–Crippen LogP) is 5.72. The van der Waals surface area contributed by atoms with E-state index in [4.69, 9.17) is 9.47 Å². The van der Waals surface area contributed by atoms with Crippen molar-refractivity contribution in [3.05, 3.63) is 64.7 Å². The second-order valence-electron chi connectivity index (χ2n) is 9.69. The molecule has 0 bridgehead atoms. The summed E-state index contributed by atoms with van der Waals surface area (Å²) < 4.78 is 11.1. The highest BCUT2D eigenvalue weighted by Crippen LogP contribution is 2.36. The van der Waals surface area contributed by atoms with E-state index in [0.29, 0.717) is 23.4 Å². The van der Waals surface area contributed by atoms with Crippen LogP contribution in [0.4, 0.5) is 5.69 Å². The van der Waals surface area contributed by atoms with Crippen LogP contribution in [-0.4, -0.2) is 30.6 Å². The van der Waals surface area contributed by atoms with Crippen molar-refractivity contribution in [1.82, 2.24) is 0 Å². The van der Waals surface area contributed by atoms with Crippen molar-refractivity contribution >= 4 is 23.5 Å². The average molecular weight is 466 g/mol. The summed E-state index contributed by atoms with van der Waals surface area (Å²) in [6.07, 6.45) is 2.79. The summed E-state index contributed by atoms with van der Waals surface area (Å²) in [6, 6.07) is 12.0. The Bertz CT molecular complexity index is 1040. The number of aryl methyl sites for hydroxylation is 1. The van der Waals surface area contributed by atoms with E-state index in [1.807, 2.05) is 26.0 Å². The van der Waals surface area contributed by atoms with Crippen molar-refractivity contribution in [2.75, 3.05) is 11.9 Å². The number of nitrogens with one attached hydrogen (secondary N) is 1. The third kappa shape index (κ3) is 6.25. The SMILES string of the molecule is Cc1cccc(NC(=O)COC(=O)c2ccccc2C(=O)O[C@@H]2C[C@H](C)CC[C@H]2C(C)C)c1C. The molecule has 1 amide bonds. The molecule has 0 aromatic heterocycles. The van der Waals surface area contributed by atoms with Crippen LogP contribution >= 0.6 is 0 Å². The van der Waals surface area contributed by atoms with E-state index in [0.717, 1.165) is 30.4 Å². The fraction of sp³-hybridized carbons (Fsp3) is 0.464. The normalized spacial score (nSPS) is 20.0. The monoisotopic (exact) mass is 465 g/mol. The largest absolute Gasteiger partial charge is 0.458 e. The van der Waals surface area contributed by atoms with Crippen molar-refractivity contribution in [2.45, 2.75) is 60.0 Å². The molecule has 0 aliphatic heterocycles. The van der Waals surface area contributed by atoms with E-state index < -0.39 is 24.5 Å². The minimum atomic E-state index is -0.735. The molecule has 0 spiro atoms. The van der Waals surface area contributed by atoms with Crippen LogP contribution in [0.5, 0.6) is 0 Å². The van der Waals surface area contributed by atoms with Gasteiger partial charge in [-0.05, 0) is 73.8 Å². The molecule has 1 aliphatic carbocycles. The van der Waals surface area contributed by atoms with Gasteiger partial charge in [-0.1, -0.05) is 51.5 Å². The van der Waals surface area contributed by atoms with E-state index in [1.54, 1.807) is 24.3 Å². The molecule has 1 fully saturated rings. The molecule has 0 radical (unpaired) electrons. The van der Waals surface area contributed by atoms with E-state index in [1.165, 1.54) is 6.07 Å². The number of carbonyl (C=O) groups excluding carboxylic acids is 3. The summed E-state index contributed by atoms with van der Waals surface area (Å²) in [6.45, 7) is 9.89. The van der Waals surface area contributed by atoms with Gasteiger partial charge in [0.05, 0.1) is 11.1 Å². The van der Waals surface area contributed by atoms with Crippen molar-refractivity contribution in [3.63, 3.8) is 0 Å². The number of esters is 2. The fourth-order valence-corrected chi connectivity index (χ4v) is 4.57. The number of carbonyl (C=O) groups is 3. The van der Waals surface area contributed by atoms with Gasteiger partial charge in [0.1, 0.15) is 6.10 Å². The average Bonchev–Trinajstić information content (AvgIpc) is 2.80. The number of ether oxygens (including phenoxy) is 2. The highest BCUT2D eigenvalue weighted by molar-refractivity contribution is 6.04. The molecule has 2 aromatic rings. The Kier molecular flexibility index (Phi) is 8.48. The molecule has 0 heterocycles. The van der Waals surface area contributed by atoms with Gasteiger partial charge in [0.25, 0.3) is 5.91 Å². The maximum absolute atomic E-state index is 13.1. The first-order chi connectivity index (χ1) is 16.2. The van der Waals surface area contributed by atoms with Gasteiger partial charge >= 0.3 is 11.9 Å². The lowest BCUT2D eigenvalue weighted by atomic mass is 9.75. The van der Waals surface area contributed by atoms with Crippen LogP contribution < -0.4 is 5.32 Å². The number of hydrogen-bond acceptors (Lipinski definition) is 5. The van der Waals surface area contributed by atoms with Gasteiger partial charge in [-0.3, -0.25) is 4.79 Å². The molecule has 3 rings (SSSR count). The minimum absolute atomic E-state index is 0.0944. The molecule has 34 heavy (non-hydrogen) atoms. The molecular formula is C28H35NO5. The molecule has 1 aliphatic rings. The number of benzene rings is 2. The van der Waals surface area contributed by atoms with E-state index in [9.17, 15) is 14.4 Å². The molecule has 0 saturated heterocycles. The van der Waals surface area contributed by atoms with Crippen LogP contribution in [0, 0.1) is 31.6 Å². The lowest BCUT2D eigenvalue weighted by Crippen LogP contribution is -2.36. The number of amides is 1. The van der Waals surface area contributed by atoms with Gasteiger partial charge in [-0.25, -0.2) is 9.59 Å². The van der Waals surface area contributed by atoms with Gasteiger partial charge in [0.15, 0.2) is 6.61 Å². The molecule has 6 nitrogen and oxygen atoms in total. The zero-order valence-electron chi connectivity index (χ0n) is 20.7. The summed E-state index contributed by atoms with van der Waals surface area (Å²) >= 11 is 0. The Morgan fingerprint density at radius 2 is 1.65 bits per heavy atom. The van der Waals surface area contributed by atoms with Gasteiger partial charge in [-0.2, -0.15) is 0 Å². The molecule has 2 aromatic carbocycles. The van der Waals surface area contributed by atoms with Crippen molar-refractivity contribution in [2.24, 2.45) is 17.8 Å². The second kappa shape index (κ2) is 11.3. The second-order valence-corrected chi connectivity index (χ2v) is 9.69. The van der Waals surface area contributed by atoms with E-state index in [2.05, 4.69) is 26.1 Å². The van der Waals surface area contributed by atoms with Crippen LogP contribution in [0.3, 0.4) is 0 Å². The number of rotatable bonds is 7. The lowest BCUT2D eigenvalue weighted by Gasteiger charge is -2.36. The minimum Gasteiger partial charge on any atom is -0.458 e. The molecule has 6 heteroatoms. The molecule has 1 N–H and O–H groups in total. The van der Waals surface area contributed by atoms with Gasteiger partial charge in [0.2, 0.25) is 0 Å². The van der Waals surface area contributed by atoms with E-state index in [-0.39, 0.29) is 17.2 Å². The highest BCUT2D eigenvalue weighted by atomic mass is 16.5. The summed E-state index contributed by atoms with van der Waals surface area (Å²) in [5, 5.41) is 2.76. The first-order valence-electron chi connectivity index (χ1n) is 12.0. The molecule has 3 atom stereocenters. The molecule has 1 saturated carbocycles. The van der Waals surface area contributed by atoms with Gasteiger partial charge in [0, 0.05) is 5.69 Å². The Morgan fingerprint density at radius 3 is 2.32 bits per heavy atom. The summed E-state index contributed by atoms with van der Waals surface area (Å²) in [5.74, 6) is -0.519. The van der Waals surface area contributed by atoms with Crippen molar-refractivity contribution in [1.29, 1.82) is 0 Å². The van der Waals surface area contributed by atoms with Gasteiger partial charge < -0.3 is 14.8 Å². The quantitative estimate of drug-likeness (QED) is 0.529. The predicted molar refractivity (Wildman–Crippen MR) is 132 cm³/mol. The van der Waals surface area contributed by atoms with Crippen LogP contribution in [0.1, 0.15) is 71.9 Å². The van der Waals surface area contributed by atoms with Gasteiger partial charge in [-0.15, -0.1) is 0 Å². The van der Waals surface area contributed by atoms with Crippen LogP contribution in [-0.2, 0) is 14.3 Å². The smallest absolute Gasteiger partial charge is 0.339 e. The molecule has 0 unspecified atom stereocenters. The summed E-state index contributed by atoms with van der Waals surface area (Å²) in [7, 11) is 0.